The first-order chi connectivity index (χ1) is 11.7. The van der Waals surface area contributed by atoms with Crippen molar-refractivity contribution in [1.29, 1.82) is 0 Å². The molecule has 5 heteroatoms. The predicted octanol–water partition coefficient (Wildman–Crippen LogP) is 3.96. The Bertz CT molecular complexity index is 738. The molecule has 0 unspecified atom stereocenters. The third kappa shape index (κ3) is 4.43. The third-order valence-corrected chi connectivity index (χ3v) is 3.67. The van der Waals surface area contributed by atoms with E-state index in [1.54, 1.807) is 24.7 Å². The van der Waals surface area contributed by atoms with Gasteiger partial charge in [0.05, 0.1) is 0 Å². The first-order valence-electron chi connectivity index (χ1n) is 7.65. The maximum absolute atomic E-state index is 13.5. The molecule has 1 aromatic carbocycles. The Morgan fingerprint density at radius 3 is 2.17 bits per heavy atom. The van der Waals surface area contributed by atoms with Gasteiger partial charge in [0.15, 0.2) is 11.6 Å². The zero-order valence-electron chi connectivity index (χ0n) is 13.1. The summed E-state index contributed by atoms with van der Waals surface area (Å²) in [5.74, 6) is -1.65. The van der Waals surface area contributed by atoms with Gasteiger partial charge in [-0.15, -0.1) is 0 Å². The summed E-state index contributed by atoms with van der Waals surface area (Å²) in [5.41, 5.74) is 2.90. The van der Waals surface area contributed by atoms with E-state index in [-0.39, 0.29) is 0 Å². The van der Waals surface area contributed by atoms with Crippen molar-refractivity contribution < 1.29 is 8.78 Å². The van der Waals surface area contributed by atoms with Gasteiger partial charge in [0.1, 0.15) is 0 Å². The number of nitrogens with zero attached hydrogens (tertiary/aromatic N) is 3. The van der Waals surface area contributed by atoms with Crippen LogP contribution in [0.1, 0.15) is 16.7 Å². The molecule has 3 aromatic rings. The summed E-state index contributed by atoms with van der Waals surface area (Å²) in [4.78, 5) is 10.3. The molecule has 0 saturated carbocycles. The third-order valence-electron chi connectivity index (χ3n) is 3.67. The second-order valence-corrected chi connectivity index (χ2v) is 5.61. The Hall–Kier alpha value is -2.66. The van der Waals surface area contributed by atoms with Crippen molar-refractivity contribution in [2.24, 2.45) is 0 Å². The van der Waals surface area contributed by atoms with E-state index < -0.39 is 11.6 Å². The van der Waals surface area contributed by atoms with Crippen LogP contribution >= 0.6 is 0 Å². The van der Waals surface area contributed by atoms with Gasteiger partial charge in [0.25, 0.3) is 0 Å². The molecule has 0 bridgehead atoms. The fraction of sp³-hybridized carbons (Fsp3) is 0.158. The van der Waals surface area contributed by atoms with E-state index in [4.69, 9.17) is 0 Å². The number of rotatable bonds is 6. The zero-order chi connectivity index (χ0) is 16.8. The lowest BCUT2D eigenvalue weighted by atomic mass is 10.1. The Labute approximate surface area is 139 Å². The van der Waals surface area contributed by atoms with Gasteiger partial charge < -0.3 is 0 Å². The minimum atomic E-state index is -0.827. The van der Waals surface area contributed by atoms with E-state index in [9.17, 15) is 8.78 Å². The van der Waals surface area contributed by atoms with E-state index >= 15 is 0 Å². The SMILES string of the molecule is Fc1ccc(CN(Cc2ccncc2)Cc2cccnc2)cc1F. The molecule has 122 valence electrons. The van der Waals surface area contributed by atoms with Gasteiger partial charge in [0, 0.05) is 44.4 Å². The van der Waals surface area contributed by atoms with Crippen LogP contribution in [0.2, 0.25) is 0 Å². The molecule has 0 aliphatic carbocycles. The van der Waals surface area contributed by atoms with Gasteiger partial charge in [-0.25, -0.2) is 8.78 Å². The minimum Gasteiger partial charge on any atom is -0.291 e. The Morgan fingerprint density at radius 1 is 0.708 bits per heavy atom. The molecule has 2 aromatic heterocycles. The van der Waals surface area contributed by atoms with Crippen molar-refractivity contribution in [2.75, 3.05) is 0 Å². The van der Waals surface area contributed by atoms with Crippen LogP contribution in [0.25, 0.3) is 0 Å². The maximum atomic E-state index is 13.5. The molecule has 0 saturated heterocycles. The first kappa shape index (κ1) is 16.2. The summed E-state index contributed by atoms with van der Waals surface area (Å²) < 4.78 is 26.6. The van der Waals surface area contributed by atoms with Gasteiger partial charge in [-0.1, -0.05) is 12.1 Å². The Morgan fingerprint density at radius 2 is 1.46 bits per heavy atom. The van der Waals surface area contributed by atoms with Crippen LogP contribution in [-0.4, -0.2) is 14.9 Å². The molecule has 0 aliphatic heterocycles. The lowest BCUT2D eigenvalue weighted by Crippen LogP contribution is -2.22. The molecule has 0 aliphatic rings. The predicted molar refractivity (Wildman–Crippen MR) is 87.8 cm³/mol. The smallest absolute Gasteiger partial charge is 0.159 e. The largest absolute Gasteiger partial charge is 0.291 e. The second-order valence-electron chi connectivity index (χ2n) is 5.61. The van der Waals surface area contributed by atoms with Crippen molar-refractivity contribution in [1.82, 2.24) is 14.9 Å². The van der Waals surface area contributed by atoms with Gasteiger partial charge in [-0.2, -0.15) is 0 Å². The molecule has 0 spiro atoms. The fourth-order valence-electron chi connectivity index (χ4n) is 2.56. The van der Waals surface area contributed by atoms with Gasteiger partial charge in [-0.3, -0.25) is 14.9 Å². The molecular weight excluding hydrogens is 308 g/mol. The standard InChI is InChI=1S/C19H17F2N3/c20-18-4-3-16(10-19(18)21)13-24(12-15-5-8-22-9-6-15)14-17-2-1-7-23-11-17/h1-11H,12-14H2. The number of benzene rings is 1. The van der Waals surface area contributed by atoms with E-state index in [2.05, 4.69) is 14.9 Å². The average molecular weight is 325 g/mol. The second kappa shape index (κ2) is 7.75. The van der Waals surface area contributed by atoms with Crippen LogP contribution in [0.5, 0.6) is 0 Å². The summed E-state index contributed by atoms with van der Waals surface area (Å²) in [6.45, 7) is 1.85. The maximum Gasteiger partial charge on any atom is 0.159 e. The molecular formula is C19H17F2N3. The molecule has 0 amide bonds. The highest BCUT2D eigenvalue weighted by Crippen LogP contribution is 2.15. The number of hydrogen-bond donors (Lipinski definition) is 0. The zero-order valence-corrected chi connectivity index (χ0v) is 13.1. The van der Waals surface area contributed by atoms with Crippen LogP contribution in [0.3, 0.4) is 0 Å². The summed E-state index contributed by atoms with van der Waals surface area (Å²) in [7, 11) is 0. The molecule has 2 heterocycles. The minimum absolute atomic E-state index is 0.508. The van der Waals surface area contributed by atoms with Crippen molar-refractivity contribution >= 4 is 0 Å². The quantitative estimate of drug-likeness (QED) is 0.687. The van der Waals surface area contributed by atoms with E-state index in [1.807, 2.05) is 30.5 Å². The highest BCUT2D eigenvalue weighted by atomic mass is 19.2. The Kier molecular flexibility index (Phi) is 5.23. The van der Waals surface area contributed by atoms with Crippen LogP contribution in [-0.2, 0) is 19.6 Å². The highest BCUT2D eigenvalue weighted by Gasteiger charge is 2.10. The molecule has 3 nitrogen and oxygen atoms in total. The van der Waals surface area contributed by atoms with Crippen molar-refractivity contribution in [3.63, 3.8) is 0 Å². The number of aromatic nitrogens is 2. The van der Waals surface area contributed by atoms with Crippen LogP contribution < -0.4 is 0 Å². The summed E-state index contributed by atoms with van der Waals surface area (Å²) in [6, 6.07) is 11.8. The lowest BCUT2D eigenvalue weighted by Gasteiger charge is -2.22. The molecule has 0 N–H and O–H groups in total. The number of hydrogen-bond acceptors (Lipinski definition) is 3. The van der Waals surface area contributed by atoms with E-state index in [0.29, 0.717) is 19.6 Å². The average Bonchev–Trinajstić information content (AvgIpc) is 2.60. The van der Waals surface area contributed by atoms with Crippen molar-refractivity contribution in [3.05, 3.63) is 95.6 Å². The van der Waals surface area contributed by atoms with Gasteiger partial charge in [-0.05, 0) is 47.0 Å². The number of pyridine rings is 2. The summed E-state index contributed by atoms with van der Waals surface area (Å²) in [5, 5.41) is 0. The van der Waals surface area contributed by atoms with Crippen LogP contribution in [0, 0.1) is 11.6 Å². The molecule has 24 heavy (non-hydrogen) atoms. The number of halogens is 2. The lowest BCUT2D eigenvalue weighted by molar-refractivity contribution is 0.247. The van der Waals surface area contributed by atoms with Crippen molar-refractivity contribution in [3.8, 4) is 0 Å². The van der Waals surface area contributed by atoms with E-state index in [0.717, 1.165) is 16.7 Å². The fourth-order valence-corrected chi connectivity index (χ4v) is 2.56. The van der Waals surface area contributed by atoms with Crippen molar-refractivity contribution in [2.45, 2.75) is 19.6 Å². The Balaban J connectivity index is 1.79. The first-order valence-corrected chi connectivity index (χ1v) is 7.65. The van der Waals surface area contributed by atoms with Crippen LogP contribution in [0.15, 0.2) is 67.3 Å². The highest BCUT2D eigenvalue weighted by molar-refractivity contribution is 5.19. The topological polar surface area (TPSA) is 29.0 Å². The van der Waals surface area contributed by atoms with Gasteiger partial charge >= 0.3 is 0 Å². The molecule has 3 rings (SSSR count). The molecule has 0 fully saturated rings. The summed E-state index contributed by atoms with van der Waals surface area (Å²) in [6.07, 6.45) is 7.03. The van der Waals surface area contributed by atoms with Crippen LogP contribution in [0.4, 0.5) is 8.78 Å². The normalized spacial score (nSPS) is 11.0. The molecule has 0 radical (unpaired) electrons. The van der Waals surface area contributed by atoms with Gasteiger partial charge in [0.2, 0.25) is 0 Å². The van der Waals surface area contributed by atoms with E-state index in [1.165, 1.54) is 12.1 Å². The molecule has 0 atom stereocenters. The monoisotopic (exact) mass is 325 g/mol. The summed E-state index contributed by atoms with van der Waals surface area (Å²) >= 11 is 0.